The standard InChI is InChI=1S/C10H10BrF2NOS/c11-7-3-4-16-9(7)10(15)14(5-8(12)13)6-1-2-6/h3-4,6,8H,1-2,5H2. The number of thiophene rings is 1. The van der Waals surface area contributed by atoms with Crippen LogP contribution in [0.1, 0.15) is 22.5 Å². The maximum atomic E-state index is 12.4. The summed E-state index contributed by atoms with van der Waals surface area (Å²) in [6, 6.07) is 1.77. The molecule has 1 aliphatic carbocycles. The second kappa shape index (κ2) is 4.79. The van der Waals surface area contributed by atoms with E-state index in [2.05, 4.69) is 15.9 Å². The lowest BCUT2D eigenvalue weighted by molar-refractivity contribution is 0.0538. The minimum absolute atomic E-state index is 0.00972. The van der Waals surface area contributed by atoms with Gasteiger partial charge >= 0.3 is 0 Å². The Hall–Kier alpha value is -0.490. The monoisotopic (exact) mass is 309 g/mol. The molecule has 1 fully saturated rings. The maximum absolute atomic E-state index is 12.4. The lowest BCUT2D eigenvalue weighted by Gasteiger charge is -2.21. The zero-order valence-corrected chi connectivity index (χ0v) is 10.7. The van der Waals surface area contributed by atoms with Gasteiger partial charge in [-0.3, -0.25) is 4.79 Å². The Labute approximate surface area is 104 Å². The van der Waals surface area contributed by atoms with Crippen LogP contribution < -0.4 is 0 Å². The van der Waals surface area contributed by atoms with Crippen LogP contribution in [0.2, 0.25) is 0 Å². The second-order valence-electron chi connectivity index (χ2n) is 3.68. The van der Waals surface area contributed by atoms with Crippen molar-refractivity contribution in [3.8, 4) is 0 Å². The van der Waals surface area contributed by atoms with Crippen LogP contribution in [0.15, 0.2) is 15.9 Å². The molecule has 1 amide bonds. The van der Waals surface area contributed by atoms with Crippen LogP contribution in [-0.2, 0) is 0 Å². The van der Waals surface area contributed by atoms with Crippen LogP contribution >= 0.6 is 27.3 Å². The molecule has 0 spiro atoms. The van der Waals surface area contributed by atoms with Crippen LogP contribution in [-0.4, -0.2) is 29.8 Å². The SMILES string of the molecule is O=C(c1sccc1Br)N(CC(F)F)C1CC1. The highest BCUT2D eigenvalue weighted by Gasteiger charge is 2.35. The molecule has 88 valence electrons. The summed E-state index contributed by atoms with van der Waals surface area (Å²) in [5.41, 5.74) is 0. The molecule has 1 aromatic rings. The number of hydrogen-bond donors (Lipinski definition) is 0. The number of carbonyl (C=O) groups is 1. The van der Waals surface area contributed by atoms with Crippen LogP contribution in [0.25, 0.3) is 0 Å². The summed E-state index contributed by atoms with van der Waals surface area (Å²) in [5.74, 6) is -0.287. The highest BCUT2D eigenvalue weighted by molar-refractivity contribution is 9.10. The second-order valence-corrected chi connectivity index (χ2v) is 5.45. The van der Waals surface area contributed by atoms with E-state index in [1.165, 1.54) is 16.2 Å². The molecule has 0 atom stereocenters. The molecular formula is C10H10BrF2NOS. The van der Waals surface area contributed by atoms with Crippen molar-refractivity contribution in [2.75, 3.05) is 6.54 Å². The van der Waals surface area contributed by atoms with Crippen molar-refractivity contribution in [3.05, 3.63) is 20.8 Å². The molecule has 2 nitrogen and oxygen atoms in total. The molecule has 1 heterocycles. The van der Waals surface area contributed by atoms with Gasteiger partial charge in [0, 0.05) is 10.5 Å². The van der Waals surface area contributed by atoms with E-state index in [1.54, 1.807) is 11.4 Å². The molecule has 2 rings (SSSR count). The van der Waals surface area contributed by atoms with Gasteiger partial charge in [0.15, 0.2) is 0 Å². The third-order valence-corrected chi connectivity index (χ3v) is 4.22. The first kappa shape index (κ1) is 12.0. The highest BCUT2D eigenvalue weighted by Crippen LogP contribution is 2.32. The third-order valence-electron chi connectivity index (χ3n) is 2.39. The van der Waals surface area contributed by atoms with Gasteiger partial charge in [-0.2, -0.15) is 0 Å². The van der Waals surface area contributed by atoms with Gasteiger partial charge < -0.3 is 4.90 Å². The normalized spacial score (nSPS) is 15.5. The molecule has 0 N–H and O–H groups in total. The minimum atomic E-state index is -2.47. The molecule has 0 bridgehead atoms. The van der Waals surface area contributed by atoms with E-state index >= 15 is 0 Å². The quantitative estimate of drug-likeness (QED) is 0.835. The Bertz CT molecular complexity index is 392. The predicted octanol–water partition coefficient (Wildman–Crippen LogP) is 3.38. The summed E-state index contributed by atoms with van der Waals surface area (Å²) in [6.45, 7) is -0.464. The third kappa shape index (κ3) is 2.60. The predicted molar refractivity (Wildman–Crippen MR) is 62.1 cm³/mol. The summed E-state index contributed by atoms with van der Waals surface area (Å²) >= 11 is 4.52. The van der Waals surface area contributed by atoms with E-state index in [0.717, 1.165) is 12.8 Å². The van der Waals surface area contributed by atoms with Crippen LogP contribution in [0.5, 0.6) is 0 Å². The Morgan fingerprint density at radius 1 is 1.62 bits per heavy atom. The van der Waals surface area contributed by atoms with E-state index in [4.69, 9.17) is 0 Å². The number of rotatable bonds is 4. The van der Waals surface area contributed by atoms with Gasteiger partial charge in [0.05, 0.1) is 6.54 Å². The number of amides is 1. The van der Waals surface area contributed by atoms with Crippen molar-refractivity contribution in [2.24, 2.45) is 0 Å². The fourth-order valence-electron chi connectivity index (χ4n) is 1.51. The fraction of sp³-hybridized carbons (Fsp3) is 0.500. The maximum Gasteiger partial charge on any atom is 0.265 e. The number of hydrogen-bond acceptors (Lipinski definition) is 2. The van der Waals surface area contributed by atoms with E-state index in [1.807, 2.05) is 0 Å². The first-order valence-electron chi connectivity index (χ1n) is 4.91. The smallest absolute Gasteiger partial charge is 0.265 e. The van der Waals surface area contributed by atoms with Crippen molar-refractivity contribution in [1.82, 2.24) is 4.90 Å². The molecule has 0 radical (unpaired) electrons. The lowest BCUT2D eigenvalue weighted by atomic mass is 10.3. The Balaban J connectivity index is 2.14. The zero-order chi connectivity index (χ0) is 11.7. The zero-order valence-electron chi connectivity index (χ0n) is 8.33. The number of halogens is 3. The van der Waals surface area contributed by atoms with Crippen molar-refractivity contribution >= 4 is 33.2 Å². The molecule has 1 saturated carbocycles. The molecule has 0 saturated heterocycles. The molecule has 0 aliphatic heterocycles. The molecule has 0 unspecified atom stereocenters. The van der Waals surface area contributed by atoms with E-state index in [9.17, 15) is 13.6 Å². The molecule has 1 aromatic heterocycles. The summed E-state index contributed by atoms with van der Waals surface area (Å²) < 4.78 is 25.4. The topological polar surface area (TPSA) is 20.3 Å². The number of carbonyl (C=O) groups excluding carboxylic acids is 1. The van der Waals surface area contributed by atoms with Gasteiger partial charge in [0.25, 0.3) is 12.3 Å². The summed E-state index contributed by atoms with van der Waals surface area (Å²) in [7, 11) is 0. The average molecular weight is 310 g/mol. The van der Waals surface area contributed by atoms with E-state index in [-0.39, 0.29) is 11.9 Å². The molecular weight excluding hydrogens is 300 g/mol. The molecule has 0 aromatic carbocycles. The summed E-state index contributed by atoms with van der Waals surface area (Å²) in [5, 5.41) is 1.77. The first-order chi connectivity index (χ1) is 7.59. The van der Waals surface area contributed by atoms with Crippen molar-refractivity contribution < 1.29 is 13.6 Å². The minimum Gasteiger partial charge on any atom is -0.329 e. The van der Waals surface area contributed by atoms with Crippen LogP contribution in [0, 0.1) is 0 Å². The molecule has 1 aliphatic rings. The van der Waals surface area contributed by atoms with Gasteiger partial charge in [0.1, 0.15) is 4.88 Å². The van der Waals surface area contributed by atoms with Crippen molar-refractivity contribution in [2.45, 2.75) is 25.3 Å². The first-order valence-corrected chi connectivity index (χ1v) is 6.59. The van der Waals surface area contributed by atoms with Gasteiger partial charge in [-0.25, -0.2) is 8.78 Å². The lowest BCUT2D eigenvalue weighted by Crippen LogP contribution is -2.36. The Kier molecular flexibility index (Phi) is 3.59. The largest absolute Gasteiger partial charge is 0.329 e. The van der Waals surface area contributed by atoms with Crippen molar-refractivity contribution in [3.63, 3.8) is 0 Å². The van der Waals surface area contributed by atoms with Crippen LogP contribution in [0.4, 0.5) is 8.78 Å². The van der Waals surface area contributed by atoms with Crippen LogP contribution in [0.3, 0.4) is 0 Å². The van der Waals surface area contributed by atoms with E-state index < -0.39 is 13.0 Å². The number of nitrogens with zero attached hydrogens (tertiary/aromatic N) is 1. The fourth-order valence-corrected chi connectivity index (χ4v) is 3.01. The Morgan fingerprint density at radius 2 is 2.31 bits per heavy atom. The van der Waals surface area contributed by atoms with Gasteiger partial charge in [-0.05, 0) is 40.2 Å². The van der Waals surface area contributed by atoms with Crippen molar-refractivity contribution in [1.29, 1.82) is 0 Å². The molecule has 16 heavy (non-hydrogen) atoms. The highest BCUT2D eigenvalue weighted by atomic mass is 79.9. The van der Waals surface area contributed by atoms with Gasteiger partial charge in [-0.15, -0.1) is 11.3 Å². The van der Waals surface area contributed by atoms with Gasteiger partial charge in [-0.1, -0.05) is 0 Å². The number of alkyl halides is 2. The van der Waals surface area contributed by atoms with E-state index in [0.29, 0.717) is 9.35 Å². The summed E-state index contributed by atoms with van der Waals surface area (Å²) in [4.78, 5) is 13.8. The van der Waals surface area contributed by atoms with Gasteiger partial charge in [0.2, 0.25) is 0 Å². The molecule has 6 heteroatoms. The average Bonchev–Trinajstić information content (AvgIpc) is 2.97. The Morgan fingerprint density at radius 3 is 2.75 bits per heavy atom. The summed E-state index contributed by atoms with van der Waals surface area (Å²) in [6.07, 6.45) is -0.800.